The number of carbonyl (C=O) groups is 3. The molecule has 308 valence electrons. The number of fused-ring (bicyclic) bond motifs is 1. The van der Waals surface area contributed by atoms with Crippen molar-refractivity contribution in [2.24, 2.45) is 0 Å². The number of ketones is 2. The maximum absolute atomic E-state index is 12.3. The number of unbranched alkanes of at least 4 members (excludes halogenated alkanes) is 8. The van der Waals surface area contributed by atoms with Crippen LogP contribution in [0.5, 0.6) is 0 Å². The molecule has 3 aliphatic rings. The minimum Gasteiger partial charge on any atom is -0.394 e. The van der Waals surface area contributed by atoms with Gasteiger partial charge in [-0.3, -0.25) is 9.59 Å². The summed E-state index contributed by atoms with van der Waals surface area (Å²) in [7, 11) is 0. The lowest BCUT2D eigenvalue weighted by Crippen LogP contribution is -2.57. The van der Waals surface area contributed by atoms with Crippen molar-refractivity contribution in [3.8, 4) is 0 Å². The van der Waals surface area contributed by atoms with Crippen LogP contribution in [0.25, 0.3) is 0 Å². The van der Waals surface area contributed by atoms with Gasteiger partial charge in [-0.1, -0.05) is 44.9 Å². The molecule has 3 heterocycles. The quantitative estimate of drug-likeness (QED) is 0.0374. The molecular weight excluding hydrogens is 721 g/mol. The lowest BCUT2D eigenvalue weighted by atomic mass is 9.92. The molecule has 10 unspecified atom stereocenters. The van der Waals surface area contributed by atoms with Crippen LogP contribution in [0.2, 0.25) is 0 Å². The maximum atomic E-state index is 12.3. The summed E-state index contributed by atoms with van der Waals surface area (Å²) in [5.74, 6) is 2.23. The van der Waals surface area contributed by atoms with Gasteiger partial charge in [-0.05, 0) is 83.3 Å². The molecule has 14 heteroatoms. The molecule has 0 aliphatic carbocycles. The van der Waals surface area contributed by atoms with E-state index in [1.807, 2.05) is 18.7 Å². The number of hydrogen-bond acceptors (Lipinski definition) is 12. The van der Waals surface area contributed by atoms with Crippen molar-refractivity contribution < 1.29 is 49.8 Å². The van der Waals surface area contributed by atoms with Crippen LogP contribution < -0.4 is 10.6 Å². The highest BCUT2D eigenvalue weighted by Crippen LogP contribution is 2.33. The smallest absolute Gasteiger partial charge is 0.315 e. The fourth-order valence-electron chi connectivity index (χ4n) is 7.61. The van der Waals surface area contributed by atoms with E-state index in [4.69, 9.17) is 4.74 Å². The highest BCUT2D eigenvalue weighted by molar-refractivity contribution is 8.00. The number of aliphatic hydroxyl groups excluding tert-OH is 5. The molecule has 10 atom stereocenters. The minimum absolute atomic E-state index is 0.0577. The molecule has 8 N–H and O–H groups in total. The summed E-state index contributed by atoms with van der Waals surface area (Å²) >= 11 is 3.25. The third kappa shape index (κ3) is 17.8. The van der Waals surface area contributed by atoms with Crippen LogP contribution in [0.3, 0.4) is 0 Å². The van der Waals surface area contributed by atoms with Gasteiger partial charge in [0.05, 0.1) is 30.4 Å². The van der Waals surface area contributed by atoms with Crippen molar-refractivity contribution in [1.29, 1.82) is 0 Å². The summed E-state index contributed by atoms with van der Waals surface area (Å²) in [4.78, 5) is 36.0. The highest BCUT2D eigenvalue weighted by atomic mass is 32.2. The van der Waals surface area contributed by atoms with E-state index < -0.39 is 42.1 Å². The number of nitrogens with one attached hydrogen (secondary N) is 2. The van der Waals surface area contributed by atoms with Crippen LogP contribution in [0, 0.1) is 0 Å². The Morgan fingerprint density at radius 3 is 2.00 bits per heavy atom. The second-order valence-corrected chi connectivity index (χ2v) is 18.4. The van der Waals surface area contributed by atoms with Gasteiger partial charge in [0.15, 0.2) is 0 Å². The number of urea groups is 1. The molecule has 3 aliphatic heterocycles. The van der Waals surface area contributed by atoms with Gasteiger partial charge in [-0.2, -0.15) is 11.8 Å². The van der Waals surface area contributed by atoms with E-state index >= 15 is 0 Å². The number of thioether (sulfide) groups is 2. The van der Waals surface area contributed by atoms with E-state index in [-0.39, 0.29) is 24.2 Å². The predicted octanol–water partition coefficient (Wildman–Crippen LogP) is 4.52. The van der Waals surface area contributed by atoms with Crippen LogP contribution >= 0.6 is 23.5 Å². The standard InChI is InChI=1S/C39H70N2O10S2/c1-39(50,23-13-14-24-52-37-36(48)35(47)34(46)31(25-42)51-37)22-12-4-9-19-28(44)17-7-2-5-15-27(43)16-6-3-8-18-29(45)20-10-11-21-32-33-30(26-53-32)40-38(49)41-33/h28,30-37,42,44,46-48,50H,2-26H2,1H3,(H2,40,41,49). The van der Waals surface area contributed by atoms with Crippen molar-refractivity contribution in [2.45, 2.75) is 207 Å². The van der Waals surface area contributed by atoms with Crippen LogP contribution in [0.15, 0.2) is 0 Å². The van der Waals surface area contributed by atoms with Crippen LogP contribution in [-0.4, -0.2) is 125 Å². The average Bonchev–Trinajstić information content (AvgIpc) is 3.68. The van der Waals surface area contributed by atoms with Crippen molar-refractivity contribution in [1.82, 2.24) is 10.6 Å². The van der Waals surface area contributed by atoms with Gasteiger partial charge in [0.25, 0.3) is 0 Å². The van der Waals surface area contributed by atoms with Crippen LogP contribution in [0.4, 0.5) is 4.79 Å². The summed E-state index contributed by atoms with van der Waals surface area (Å²) < 4.78 is 5.52. The molecule has 2 amide bonds. The summed E-state index contributed by atoms with van der Waals surface area (Å²) in [5, 5.41) is 66.9. The lowest BCUT2D eigenvalue weighted by molar-refractivity contribution is -0.205. The molecule has 0 aromatic rings. The molecular formula is C39H70N2O10S2. The first-order valence-corrected chi connectivity index (χ1v) is 22.5. The first-order valence-electron chi connectivity index (χ1n) is 20.4. The molecule has 0 aromatic carbocycles. The van der Waals surface area contributed by atoms with Crippen LogP contribution in [0.1, 0.15) is 148 Å². The number of Topliss-reactive ketones (excluding diaryl/α,β-unsaturated/α-hetero) is 2. The number of rotatable bonds is 30. The van der Waals surface area contributed by atoms with Gasteiger partial charge in [0, 0.05) is 36.7 Å². The molecule has 0 saturated carbocycles. The number of amides is 2. The van der Waals surface area contributed by atoms with Gasteiger partial charge in [0.1, 0.15) is 41.4 Å². The Hall–Kier alpha value is -0.970. The molecule has 3 rings (SSSR count). The number of carbonyl (C=O) groups excluding carboxylic acids is 3. The number of ether oxygens (including phenoxy) is 1. The normalized spacial score (nSPS) is 28.6. The largest absolute Gasteiger partial charge is 0.394 e. The van der Waals surface area contributed by atoms with Crippen molar-refractivity contribution in [2.75, 3.05) is 18.1 Å². The number of hydrogen-bond donors (Lipinski definition) is 8. The van der Waals surface area contributed by atoms with E-state index in [0.29, 0.717) is 61.1 Å². The Morgan fingerprint density at radius 1 is 0.811 bits per heavy atom. The fraction of sp³-hybridized carbons (Fsp3) is 0.923. The van der Waals surface area contributed by atoms with E-state index in [0.717, 1.165) is 108 Å². The zero-order chi connectivity index (χ0) is 38.6. The van der Waals surface area contributed by atoms with E-state index in [1.165, 1.54) is 11.8 Å². The minimum atomic E-state index is -1.36. The van der Waals surface area contributed by atoms with Crippen LogP contribution in [-0.2, 0) is 14.3 Å². The Morgan fingerprint density at radius 2 is 1.38 bits per heavy atom. The average molecular weight is 791 g/mol. The molecule has 0 radical (unpaired) electrons. The summed E-state index contributed by atoms with van der Waals surface area (Å²) in [6.45, 7) is 1.42. The third-order valence-electron chi connectivity index (χ3n) is 11.0. The number of aliphatic hydroxyl groups is 6. The summed E-state index contributed by atoms with van der Waals surface area (Å²) in [5.41, 5.74) is -1.48. The van der Waals surface area contributed by atoms with Gasteiger partial charge >= 0.3 is 6.03 Å². The van der Waals surface area contributed by atoms with Gasteiger partial charge in [-0.15, -0.1) is 11.8 Å². The van der Waals surface area contributed by atoms with Crippen molar-refractivity contribution in [3.05, 3.63) is 0 Å². The molecule has 0 bridgehead atoms. The molecule has 3 fully saturated rings. The topological polar surface area (TPSA) is 206 Å². The predicted molar refractivity (Wildman–Crippen MR) is 210 cm³/mol. The summed E-state index contributed by atoms with van der Waals surface area (Å²) in [6.07, 6.45) is 12.7. The van der Waals surface area contributed by atoms with E-state index in [1.54, 1.807) is 0 Å². The Balaban J connectivity index is 1.06. The maximum Gasteiger partial charge on any atom is 0.315 e. The van der Waals surface area contributed by atoms with Gasteiger partial charge in [0.2, 0.25) is 0 Å². The molecule has 3 saturated heterocycles. The second-order valence-electron chi connectivity index (χ2n) is 15.9. The third-order valence-corrected chi connectivity index (χ3v) is 13.8. The SMILES string of the molecule is CC(O)(CCCCCC(O)CCCCCC(=O)CCCCCC(=O)CCCCC1SCC2NC(=O)NC21)CCCCSC1OC(CO)C(O)C(O)C1O. The van der Waals surface area contributed by atoms with E-state index in [2.05, 4.69) is 10.6 Å². The first kappa shape index (κ1) is 46.4. The Kier molecular flexibility index (Phi) is 22.2. The summed E-state index contributed by atoms with van der Waals surface area (Å²) in [6, 6.07) is 0.418. The first-order chi connectivity index (χ1) is 25.4. The highest BCUT2D eigenvalue weighted by Gasteiger charge is 2.44. The van der Waals surface area contributed by atoms with E-state index in [9.17, 15) is 45.0 Å². The zero-order valence-electron chi connectivity index (χ0n) is 32.0. The molecule has 53 heavy (non-hydrogen) atoms. The van der Waals surface area contributed by atoms with Gasteiger partial charge < -0.3 is 46.0 Å². The lowest BCUT2D eigenvalue weighted by Gasteiger charge is -2.39. The molecule has 0 spiro atoms. The monoisotopic (exact) mass is 790 g/mol. The zero-order valence-corrected chi connectivity index (χ0v) is 33.6. The van der Waals surface area contributed by atoms with Crippen molar-refractivity contribution >= 4 is 41.1 Å². The molecule has 12 nitrogen and oxygen atoms in total. The molecule has 0 aromatic heterocycles. The second kappa shape index (κ2) is 25.3. The Bertz CT molecular complexity index is 1070. The fourth-order valence-corrected chi connectivity index (χ4v) is 10.3. The van der Waals surface area contributed by atoms with Gasteiger partial charge in [-0.25, -0.2) is 4.79 Å². The van der Waals surface area contributed by atoms with Crippen molar-refractivity contribution in [3.63, 3.8) is 0 Å². The Labute approximate surface area is 325 Å².